The van der Waals surface area contributed by atoms with Gasteiger partial charge >= 0.3 is 0 Å². The summed E-state index contributed by atoms with van der Waals surface area (Å²) in [6.07, 6.45) is 1.89. The first-order valence-electron chi connectivity index (χ1n) is 2.76. The summed E-state index contributed by atoms with van der Waals surface area (Å²) in [7, 11) is 0. The van der Waals surface area contributed by atoms with Crippen LogP contribution in [0, 0.1) is 6.92 Å². The van der Waals surface area contributed by atoms with Crippen LogP contribution in [0.1, 0.15) is 26.2 Å². The highest BCUT2D eigenvalue weighted by atomic mass is 16.3. The Morgan fingerprint density at radius 3 is 2.43 bits per heavy atom. The normalized spacial score (nSPS) is 14.1. The Bertz CT molecular complexity index is 35.2. The van der Waals surface area contributed by atoms with Crippen LogP contribution in [0.2, 0.25) is 0 Å². The van der Waals surface area contributed by atoms with Crippen LogP contribution >= 0.6 is 0 Å². The van der Waals surface area contributed by atoms with Gasteiger partial charge in [0.2, 0.25) is 0 Å². The standard InChI is InChI=1S/C6H12O/c1-3-5-6(7)4-2/h6H,1,3-5H2,2H3. The highest BCUT2D eigenvalue weighted by Gasteiger charge is 1.97. The van der Waals surface area contributed by atoms with Crippen molar-refractivity contribution in [2.24, 2.45) is 0 Å². The Kier molecular flexibility index (Phi) is 4.10. The van der Waals surface area contributed by atoms with Gasteiger partial charge in [-0.1, -0.05) is 20.3 Å². The fraction of sp³-hybridized carbons (Fsp3) is 0.833. The van der Waals surface area contributed by atoms with Gasteiger partial charge in [-0.25, -0.2) is 5.11 Å². The lowest BCUT2D eigenvalue weighted by atomic mass is 10.2. The number of hydrogen-bond acceptors (Lipinski definition) is 0. The van der Waals surface area contributed by atoms with Crippen LogP contribution in [0.4, 0.5) is 0 Å². The summed E-state index contributed by atoms with van der Waals surface area (Å²) in [6, 6.07) is 0. The fourth-order valence-electron chi connectivity index (χ4n) is 0.432. The smallest absolute Gasteiger partial charge is 0.0927 e. The Balaban J connectivity index is 2.83. The molecule has 1 atom stereocenters. The molecule has 0 aliphatic rings. The van der Waals surface area contributed by atoms with Gasteiger partial charge in [0.15, 0.2) is 0 Å². The number of rotatable bonds is 3. The molecule has 42 valence electrons. The molecule has 0 saturated carbocycles. The first-order valence-corrected chi connectivity index (χ1v) is 2.76. The lowest BCUT2D eigenvalue weighted by Gasteiger charge is -1.98. The minimum atomic E-state index is -0.363. The summed E-state index contributed by atoms with van der Waals surface area (Å²) >= 11 is 0. The van der Waals surface area contributed by atoms with E-state index in [0.717, 1.165) is 19.3 Å². The van der Waals surface area contributed by atoms with Gasteiger partial charge in [-0.05, 0) is 12.8 Å². The van der Waals surface area contributed by atoms with Crippen molar-refractivity contribution < 1.29 is 5.11 Å². The van der Waals surface area contributed by atoms with E-state index in [2.05, 4.69) is 6.92 Å². The molecular weight excluding hydrogens is 88.1 g/mol. The molecule has 0 amide bonds. The maximum atomic E-state index is 10.5. The van der Waals surface area contributed by atoms with Crippen molar-refractivity contribution in [1.29, 1.82) is 0 Å². The molecule has 7 heavy (non-hydrogen) atoms. The molecule has 0 aromatic rings. The van der Waals surface area contributed by atoms with E-state index in [-0.39, 0.29) is 6.10 Å². The lowest BCUT2D eigenvalue weighted by Crippen LogP contribution is -1.99. The zero-order valence-electron chi connectivity index (χ0n) is 4.81. The van der Waals surface area contributed by atoms with Crippen LogP contribution in [0.25, 0.3) is 0 Å². The predicted molar refractivity (Wildman–Crippen MR) is 29.4 cm³/mol. The van der Waals surface area contributed by atoms with E-state index < -0.39 is 0 Å². The molecule has 0 aromatic heterocycles. The van der Waals surface area contributed by atoms with E-state index in [1.54, 1.807) is 0 Å². The van der Waals surface area contributed by atoms with Crippen LogP contribution in [-0.2, 0) is 5.11 Å². The Labute approximate surface area is 45.4 Å². The average molecular weight is 100 g/mol. The molecule has 1 unspecified atom stereocenters. The Hall–Kier alpha value is -0.0400. The fourth-order valence-corrected chi connectivity index (χ4v) is 0.432. The summed E-state index contributed by atoms with van der Waals surface area (Å²) in [5, 5.41) is 10.5. The van der Waals surface area contributed by atoms with E-state index in [4.69, 9.17) is 0 Å². The third-order valence-electron chi connectivity index (χ3n) is 0.981. The maximum absolute atomic E-state index is 10.5. The average Bonchev–Trinajstić information content (AvgIpc) is 1.68. The molecule has 0 aliphatic carbocycles. The van der Waals surface area contributed by atoms with Gasteiger partial charge in [-0.15, -0.1) is 0 Å². The molecule has 0 aliphatic heterocycles. The molecule has 0 rings (SSSR count). The SMILES string of the molecule is [CH2]CCC([O])CC. The van der Waals surface area contributed by atoms with E-state index in [1.807, 2.05) is 6.92 Å². The van der Waals surface area contributed by atoms with Crippen LogP contribution in [0.5, 0.6) is 0 Å². The Morgan fingerprint density at radius 1 is 1.71 bits per heavy atom. The van der Waals surface area contributed by atoms with Gasteiger partial charge in [-0.3, -0.25) is 0 Å². The summed E-state index contributed by atoms with van der Waals surface area (Å²) in [5.41, 5.74) is 0. The summed E-state index contributed by atoms with van der Waals surface area (Å²) in [6.45, 7) is 5.48. The summed E-state index contributed by atoms with van der Waals surface area (Å²) < 4.78 is 0. The molecule has 0 N–H and O–H groups in total. The minimum Gasteiger partial charge on any atom is -0.233 e. The van der Waals surface area contributed by atoms with E-state index >= 15 is 0 Å². The van der Waals surface area contributed by atoms with E-state index in [0.29, 0.717) is 0 Å². The topological polar surface area (TPSA) is 19.9 Å². The molecule has 1 heteroatoms. The zero-order chi connectivity index (χ0) is 5.70. The van der Waals surface area contributed by atoms with Crippen molar-refractivity contribution in [3.8, 4) is 0 Å². The monoisotopic (exact) mass is 100 g/mol. The van der Waals surface area contributed by atoms with Crippen molar-refractivity contribution in [2.45, 2.75) is 32.3 Å². The minimum absolute atomic E-state index is 0.363. The summed E-state index contributed by atoms with van der Waals surface area (Å²) in [5.74, 6) is 0. The highest BCUT2D eigenvalue weighted by Crippen LogP contribution is 1.98. The van der Waals surface area contributed by atoms with Gasteiger partial charge in [0.25, 0.3) is 0 Å². The van der Waals surface area contributed by atoms with Gasteiger partial charge in [0.05, 0.1) is 6.10 Å². The highest BCUT2D eigenvalue weighted by molar-refractivity contribution is 4.51. The molecule has 0 aromatic carbocycles. The zero-order valence-corrected chi connectivity index (χ0v) is 4.81. The van der Waals surface area contributed by atoms with Crippen molar-refractivity contribution in [1.82, 2.24) is 0 Å². The van der Waals surface area contributed by atoms with E-state index in [9.17, 15) is 5.11 Å². The Morgan fingerprint density at radius 2 is 2.29 bits per heavy atom. The molecule has 0 fully saturated rings. The van der Waals surface area contributed by atoms with Gasteiger partial charge in [0, 0.05) is 0 Å². The van der Waals surface area contributed by atoms with Crippen molar-refractivity contribution in [3.05, 3.63) is 6.92 Å². The van der Waals surface area contributed by atoms with Crippen LogP contribution < -0.4 is 0 Å². The van der Waals surface area contributed by atoms with Gasteiger partial charge in [0.1, 0.15) is 0 Å². The van der Waals surface area contributed by atoms with Gasteiger partial charge in [-0.2, -0.15) is 0 Å². The van der Waals surface area contributed by atoms with Crippen molar-refractivity contribution >= 4 is 0 Å². The third-order valence-corrected chi connectivity index (χ3v) is 0.981. The van der Waals surface area contributed by atoms with Crippen LogP contribution in [0.3, 0.4) is 0 Å². The van der Waals surface area contributed by atoms with Crippen molar-refractivity contribution in [3.63, 3.8) is 0 Å². The first-order chi connectivity index (χ1) is 3.31. The molecular formula is C6H12O. The third kappa shape index (κ3) is 3.80. The number of hydrogen-bond donors (Lipinski definition) is 0. The van der Waals surface area contributed by atoms with Gasteiger partial charge < -0.3 is 0 Å². The predicted octanol–water partition coefficient (Wildman–Crippen LogP) is 1.81. The molecule has 1 nitrogen and oxygen atoms in total. The second kappa shape index (κ2) is 4.13. The molecule has 2 radical (unpaired) electrons. The molecule has 0 bridgehead atoms. The molecule has 0 saturated heterocycles. The molecule has 0 spiro atoms. The van der Waals surface area contributed by atoms with Crippen LogP contribution in [-0.4, -0.2) is 6.10 Å². The maximum Gasteiger partial charge on any atom is 0.0927 e. The second-order valence-electron chi connectivity index (χ2n) is 1.67. The summed E-state index contributed by atoms with van der Waals surface area (Å²) in [4.78, 5) is 0. The first kappa shape index (κ1) is 6.96. The van der Waals surface area contributed by atoms with Crippen LogP contribution in [0.15, 0.2) is 0 Å². The van der Waals surface area contributed by atoms with E-state index in [1.165, 1.54) is 0 Å². The quantitative estimate of drug-likeness (QED) is 0.515. The molecule has 0 heterocycles. The largest absolute Gasteiger partial charge is 0.233 e. The van der Waals surface area contributed by atoms with Crippen molar-refractivity contribution in [2.75, 3.05) is 0 Å². The lowest BCUT2D eigenvalue weighted by molar-refractivity contribution is 0.0788. The second-order valence-corrected chi connectivity index (χ2v) is 1.67.